The number of benzene rings is 1. The summed E-state index contributed by atoms with van der Waals surface area (Å²) in [6.45, 7) is 4.50. The monoisotopic (exact) mass is 362 g/mol. The first-order valence-corrected chi connectivity index (χ1v) is 9.92. The molecule has 1 aliphatic carbocycles. The number of amides is 1. The van der Waals surface area contributed by atoms with E-state index in [0.717, 1.165) is 13.1 Å². The summed E-state index contributed by atoms with van der Waals surface area (Å²) in [5.74, 6) is 0.344. The van der Waals surface area contributed by atoms with Gasteiger partial charge >= 0.3 is 0 Å². The van der Waals surface area contributed by atoms with Gasteiger partial charge in [-0.15, -0.1) is 12.4 Å². The molecule has 4 rings (SSSR count). The van der Waals surface area contributed by atoms with Crippen LogP contribution >= 0.6 is 12.4 Å². The number of rotatable bonds is 4. The Labute approximate surface area is 158 Å². The Morgan fingerprint density at radius 3 is 2.56 bits per heavy atom. The quantitative estimate of drug-likeness (QED) is 0.816. The molecule has 2 aliphatic heterocycles. The zero-order chi connectivity index (χ0) is 16.4. The summed E-state index contributed by atoms with van der Waals surface area (Å²) < 4.78 is 0. The number of carbonyl (C=O) groups excluding carboxylic acids is 1. The Kier molecular flexibility index (Phi) is 6.40. The van der Waals surface area contributed by atoms with E-state index in [1.54, 1.807) is 0 Å². The Hall–Kier alpha value is -1.06. The van der Waals surface area contributed by atoms with Crippen molar-refractivity contribution in [1.29, 1.82) is 0 Å². The summed E-state index contributed by atoms with van der Waals surface area (Å²) in [6.07, 6.45) is 10.6. The maximum atomic E-state index is 13.0. The van der Waals surface area contributed by atoms with Gasteiger partial charge in [-0.05, 0) is 81.1 Å². The minimum absolute atomic E-state index is 0. The minimum atomic E-state index is 0. The Morgan fingerprint density at radius 2 is 1.72 bits per heavy atom. The standard InChI is InChI=1S/C21H30N2O.ClH/c24-21(15-17-9-10-18-6-5-7-19(18)14-17)23-13-2-1-8-20(23)16-22-11-3-4-12-22;/h9-10,14,20H,1-8,11-13,15-16H2;1H. The fraction of sp³-hybridized carbons (Fsp3) is 0.667. The average molecular weight is 363 g/mol. The second kappa shape index (κ2) is 8.55. The number of aryl methyl sites for hydroxylation is 2. The molecule has 1 aromatic rings. The van der Waals surface area contributed by atoms with Crippen LogP contribution in [-0.2, 0) is 24.1 Å². The molecule has 0 spiro atoms. The molecule has 25 heavy (non-hydrogen) atoms. The van der Waals surface area contributed by atoms with Crippen LogP contribution in [0.2, 0.25) is 0 Å². The first-order chi connectivity index (χ1) is 11.8. The fourth-order valence-corrected chi connectivity index (χ4v) is 4.79. The molecule has 1 amide bonds. The lowest BCUT2D eigenvalue weighted by Crippen LogP contribution is -2.49. The number of fused-ring (bicyclic) bond motifs is 1. The number of carbonyl (C=O) groups is 1. The minimum Gasteiger partial charge on any atom is -0.338 e. The highest BCUT2D eigenvalue weighted by molar-refractivity contribution is 5.85. The normalized spacial score (nSPS) is 23.4. The molecule has 0 saturated carbocycles. The molecule has 0 radical (unpaired) electrons. The first-order valence-electron chi connectivity index (χ1n) is 9.92. The smallest absolute Gasteiger partial charge is 0.227 e. The van der Waals surface area contributed by atoms with Crippen molar-refractivity contribution in [1.82, 2.24) is 9.80 Å². The number of hydrogen-bond donors (Lipinski definition) is 0. The molecule has 2 fully saturated rings. The van der Waals surface area contributed by atoms with Gasteiger partial charge in [0, 0.05) is 19.1 Å². The molecule has 2 saturated heterocycles. The van der Waals surface area contributed by atoms with Crippen LogP contribution in [0.5, 0.6) is 0 Å². The lowest BCUT2D eigenvalue weighted by Gasteiger charge is -2.38. The van der Waals surface area contributed by atoms with E-state index in [1.807, 2.05) is 0 Å². The summed E-state index contributed by atoms with van der Waals surface area (Å²) in [4.78, 5) is 17.7. The van der Waals surface area contributed by atoms with Gasteiger partial charge in [0.2, 0.25) is 5.91 Å². The lowest BCUT2D eigenvalue weighted by atomic mass is 9.99. The highest BCUT2D eigenvalue weighted by atomic mass is 35.5. The number of likely N-dealkylation sites (tertiary alicyclic amines) is 2. The van der Waals surface area contributed by atoms with Crippen LogP contribution in [0.25, 0.3) is 0 Å². The zero-order valence-corrected chi connectivity index (χ0v) is 16.0. The summed E-state index contributed by atoms with van der Waals surface area (Å²) in [5, 5.41) is 0. The van der Waals surface area contributed by atoms with E-state index in [0.29, 0.717) is 18.4 Å². The van der Waals surface area contributed by atoms with E-state index in [2.05, 4.69) is 28.0 Å². The van der Waals surface area contributed by atoms with Gasteiger partial charge in [-0.3, -0.25) is 4.79 Å². The third-order valence-corrected chi connectivity index (χ3v) is 6.13. The number of hydrogen-bond acceptors (Lipinski definition) is 2. The molecule has 1 unspecified atom stereocenters. The van der Waals surface area contributed by atoms with Gasteiger partial charge in [0.25, 0.3) is 0 Å². The molecule has 1 aromatic carbocycles. The van der Waals surface area contributed by atoms with E-state index in [9.17, 15) is 4.79 Å². The Balaban J connectivity index is 0.00000182. The molecular weight excluding hydrogens is 332 g/mol. The van der Waals surface area contributed by atoms with Crippen molar-refractivity contribution in [3.63, 3.8) is 0 Å². The largest absolute Gasteiger partial charge is 0.338 e. The van der Waals surface area contributed by atoms with E-state index >= 15 is 0 Å². The van der Waals surface area contributed by atoms with Crippen LogP contribution in [0.1, 0.15) is 55.2 Å². The van der Waals surface area contributed by atoms with Gasteiger partial charge in [-0.2, -0.15) is 0 Å². The van der Waals surface area contributed by atoms with Gasteiger partial charge in [0.15, 0.2) is 0 Å². The van der Waals surface area contributed by atoms with Crippen molar-refractivity contribution in [3.05, 3.63) is 34.9 Å². The van der Waals surface area contributed by atoms with Gasteiger partial charge in [0.1, 0.15) is 0 Å². The third kappa shape index (κ3) is 4.38. The van der Waals surface area contributed by atoms with Crippen LogP contribution in [-0.4, -0.2) is 47.9 Å². The van der Waals surface area contributed by atoms with Crippen molar-refractivity contribution >= 4 is 18.3 Å². The van der Waals surface area contributed by atoms with Gasteiger partial charge < -0.3 is 9.80 Å². The maximum absolute atomic E-state index is 13.0. The number of halogens is 1. The highest BCUT2D eigenvalue weighted by Gasteiger charge is 2.29. The molecule has 3 nitrogen and oxygen atoms in total. The van der Waals surface area contributed by atoms with E-state index in [-0.39, 0.29) is 12.4 Å². The van der Waals surface area contributed by atoms with Crippen LogP contribution in [0.15, 0.2) is 18.2 Å². The van der Waals surface area contributed by atoms with Crippen molar-refractivity contribution < 1.29 is 4.79 Å². The highest BCUT2D eigenvalue weighted by Crippen LogP contribution is 2.25. The van der Waals surface area contributed by atoms with Crippen LogP contribution in [0, 0.1) is 0 Å². The Morgan fingerprint density at radius 1 is 0.960 bits per heavy atom. The molecule has 0 bridgehead atoms. The van der Waals surface area contributed by atoms with Crippen molar-refractivity contribution in [2.45, 2.75) is 63.8 Å². The SMILES string of the molecule is Cl.O=C(Cc1ccc2c(c1)CCC2)N1CCCCC1CN1CCCC1. The predicted molar refractivity (Wildman–Crippen MR) is 104 cm³/mol. The van der Waals surface area contributed by atoms with E-state index in [1.165, 1.54) is 81.1 Å². The molecule has 3 aliphatic rings. The van der Waals surface area contributed by atoms with Crippen molar-refractivity contribution in [2.75, 3.05) is 26.2 Å². The molecule has 1 atom stereocenters. The second-order valence-corrected chi connectivity index (χ2v) is 7.88. The zero-order valence-electron chi connectivity index (χ0n) is 15.2. The molecule has 0 N–H and O–H groups in total. The average Bonchev–Trinajstić information content (AvgIpc) is 3.26. The van der Waals surface area contributed by atoms with Crippen LogP contribution in [0.4, 0.5) is 0 Å². The lowest BCUT2D eigenvalue weighted by molar-refractivity contribution is -0.134. The summed E-state index contributed by atoms with van der Waals surface area (Å²) >= 11 is 0. The van der Waals surface area contributed by atoms with Crippen LogP contribution in [0.3, 0.4) is 0 Å². The van der Waals surface area contributed by atoms with Crippen molar-refractivity contribution in [3.8, 4) is 0 Å². The predicted octanol–water partition coefficient (Wildman–Crippen LogP) is 3.62. The third-order valence-electron chi connectivity index (χ3n) is 6.13. The van der Waals surface area contributed by atoms with Gasteiger partial charge in [-0.25, -0.2) is 0 Å². The molecule has 4 heteroatoms. The first kappa shape index (κ1) is 18.7. The molecule has 2 heterocycles. The van der Waals surface area contributed by atoms with Gasteiger partial charge in [0.05, 0.1) is 6.42 Å². The molecule has 138 valence electrons. The van der Waals surface area contributed by atoms with Crippen molar-refractivity contribution in [2.24, 2.45) is 0 Å². The summed E-state index contributed by atoms with van der Waals surface area (Å²) in [5.41, 5.74) is 4.19. The second-order valence-electron chi connectivity index (χ2n) is 7.88. The molecular formula is C21H31ClN2O. The number of piperidine rings is 1. The fourth-order valence-electron chi connectivity index (χ4n) is 4.79. The maximum Gasteiger partial charge on any atom is 0.227 e. The summed E-state index contributed by atoms with van der Waals surface area (Å²) in [6, 6.07) is 7.17. The van der Waals surface area contributed by atoms with Crippen LogP contribution < -0.4 is 0 Å². The van der Waals surface area contributed by atoms with E-state index < -0.39 is 0 Å². The van der Waals surface area contributed by atoms with Gasteiger partial charge in [-0.1, -0.05) is 18.2 Å². The summed E-state index contributed by atoms with van der Waals surface area (Å²) in [7, 11) is 0. The molecule has 0 aromatic heterocycles. The topological polar surface area (TPSA) is 23.6 Å². The van der Waals surface area contributed by atoms with E-state index in [4.69, 9.17) is 0 Å². The number of nitrogens with zero attached hydrogens (tertiary/aromatic N) is 2. The Bertz CT molecular complexity index is 598.